The standard InChI is InChI=1S/C11H15NO3S/c12-7-1-4-11(15,5-2-7)9-8(10(13)14)3-6-16-9/h3,6-7,15H,1-2,4-5,12H2,(H,13,14). The Morgan fingerprint density at radius 2 is 2.12 bits per heavy atom. The van der Waals surface area contributed by atoms with Gasteiger partial charge in [0.05, 0.1) is 16.0 Å². The van der Waals surface area contributed by atoms with E-state index in [1.807, 2.05) is 0 Å². The minimum atomic E-state index is -0.988. The first-order chi connectivity index (χ1) is 7.53. The number of thiophene rings is 1. The minimum Gasteiger partial charge on any atom is -0.478 e. The molecule has 0 amide bonds. The van der Waals surface area contributed by atoms with Crippen LogP contribution in [-0.4, -0.2) is 22.2 Å². The third-order valence-corrected chi connectivity index (χ3v) is 4.28. The van der Waals surface area contributed by atoms with E-state index >= 15 is 0 Å². The van der Waals surface area contributed by atoms with Gasteiger partial charge in [-0.15, -0.1) is 11.3 Å². The van der Waals surface area contributed by atoms with Crippen molar-refractivity contribution in [3.8, 4) is 0 Å². The Morgan fingerprint density at radius 1 is 1.50 bits per heavy atom. The van der Waals surface area contributed by atoms with E-state index in [1.54, 1.807) is 11.4 Å². The maximum absolute atomic E-state index is 11.0. The second-order valence-corrected chi connectivity index (χ2v) is 5.25. The van der Waals surface area contributed by atoms with Crippen LogP contribution < -0.4 is 5.73 Å². The van der Waals surface area contributed by atoms with Crippen molar-refractivity contribution >= 4 is 17.3 Å². The fourth-order valence-corrected chi connectivity index (χ4v) is 3.23. The van der Waals surface area contributed by atoms with Crippen molar-refractivity contribution in [2.45, 2.75) is 37.3 Å². The van der Waals surface area contributed by atoms with Gasteiger partial charge in [0.15, 0.2) is 0 Å². The summed E-state index contributed by atoms with van der Waals surface area (Å²) in [7, 11) is 0. The quantitative estimate of drug-likeness (QED) is 0.733. The Balaban J connectivity index is 2.29. The third-order valence-electron chi connectivity index (χ3n) is 3.18. The molecule has 1 fully saturated rings. The van der Waals surface area contributed by atoms with Crippen LogP contribution in [0.25, 0.3) is 0 Å². The van der Waals surface area contributed by atoms with Crippen LogP contribution in [0.4, 0.5) is 0 Å². The van der Waals surface area contributed by atoms with E-state index in [4.69, 9.17) is 10.8 Å². The molecule has 0 aromatic carbocycles. The van der Waals surface area contributed by atoms with Crippen molar-refractivity contribution in [1.82, 2.24) is 0 Å². The predicted molar refractivity (Wildman–Crippen MR) is 61.6 cm³/mol. The van der Waals surface area contributed by atoms with Gasteiger partial charge in [-0.1, -0.05) is 0 Å². The van der Waals surface area contributed by atoms with Crippen molar-refractivity contribution < 1.29 is 15.0 Å². The van der Waals surface area contributed by atoms with E-state index in [0.717, 1.165) is 12.8 Å². The monoisotopic (exact) mass is 241 g/mol. The maximum atomic E-state index is 11.0. The number of carboxylic acid groups (broad SMARTS) is 1. The van der Waals surface area contributed by atoms with Crippen LogP contribution in [0, 0.1) is 0 Å². The van der Waals surface area contributed by atoms with Gasteiger partial charge in [0.25, 0.3) is 0 Å². The molecular weight excluding hydrogens is 226 g/mol. The molecule has 1 aliphatic carbocycles. The van der Waals surface area contributed by atoms with Crippen LogP contribution in [-0.2, 0) is 5.60 Å². The first-order valence-corrected chi connectivity index (χ1v) is 6.20. The summed E-state index contributed by atoms with van der Waals surface area (Å²) in [6.07, 6.45) is 2.59. The van der Waals surface area contributed by atoms with Crippen molar-refractivity contribution in [3.05, 3.63) is 21.9 Å². The van der Waals surface area contributed by atoms with Gasteiger partial charge in [-0.3, -0.25) is 0 Å². The molecule has 0 aliphatic heterocycles. The molecule has 2 rings (SSSR count). The fourth-order valence-electron chi connectivity index (χ4n) is 2.18. The normalized spacial score (nSPS) is 30.2. The number of carbonyl (C=O) groups is 1. The number of carboxylic acids is 1. The largest absolute Gasteiger partial charge is 0.478 e. The Bertz CT molecular complexity index is 394. The van der Waals surface area contributed by atoms with Crippen LogP contribution in [0.15, 0.2) is 11.4 Å². The van der Waals surface area contributed by atoms with Crippen molar-refractivity contribution in [1.29, 1.82) is 0 Å². The van der Waals surface area contributed by atoms with Gasteiger partial charge in [0, 0.05) is 6.04 Å². The molecule has 0 saturated heterocycles. The van der Waals surface area contributed by atoms with Gasteiger partial charge in [0.1, 0.15) is 0 Å². The summed E-state index contributed by atoms with van der Waals surface area (Å²) in [5.74, 6) is -0.973. The second-order valence-electron chi connectivity index (χ2n) is 4.34. The van der Waals surface area contributed by atoms with Crippen LogP contribution >= 0.6 is 11.3 Å². The van der Waals surface area contributed by atoms with Gasteiger partial charge in [-0.05, 0) is 37.1 Å². The molecule has 16 heavy (non-hydrogen) atoms. The molecule has 1 heterocycles. The van der Waals surface area contributed by atoms with Gasteiger partial charge in [-0.2, -0.15) is 0 Å². The molecule has 1 aromatic heterocycles. The summed E-state index contributed by atoms with van der Waals surface area (Å²) >= 11 is 1.31. The van der Waals surface area contributed by atoms with E-state index in [-0.39, 0.29) is 11.6 Å². The molecule has 0 atom stereocenters. The lowest BCUT2D eigenvalue weighted by Gasteiger charge is -2.34. The van der Waals surface area contributed by atoms with Crippen LogP contribution in [0.2, 0.25) is 0 Å². The second kappa shape index (κ2) is 4.16. The summed E-state index contributed by atoms with van der Waals surface area (Å²) < 4.78 is 0. The van der Waals surface area contributed by atoms with Crippen LogP contribution in [0.5, 0.6) is 0 Å². The van der Waals surface area contributed by atoms with Gasteiger partial charge in [0.2, 0.25) is 0 Å². The highest BCUT2D eigenvalue weighted by molar-refractivity contribution is 7.10. The predicted octanol–water partition coefficient (Wildman–Crippen LogP) is 1.54. The van der Waals surface area contributed by atoms with E-state index in [2.05, 4.69) is 0 Å². The minimum absolute atomic E-state index is 0.133. The smallest absolute Gasteiger partial charge is 0.336 e. The fraction of sp³-hybridized carbons (Fsp3) is 0.545. The molecular formula is C11H15NO3S. The van der Waals surface area contributed by atoms with E-state index in [9.17, 15) is 9.90 Å². The van der Waals surface area contributed by atoms with Gasteiger partial charge >= 0.3 is 5.97 Å². The molecule has 1 aromatic rings. The summed E-state index contributed by atoms with van der Waals surface area (Å²) in [4.78, 5) is 11.6. The SMILES string of the molecule is NC1CCC(O)(c2sccc2C(=O)O)CC1. The van der Waals surface area contributed by atoms with Crippen molar-refractivity contribution in [2.75, 3.05) is 0 Å². The molecule has 5 heteroatoms. The van der Waals surface area contributed by atoms with Gasteiger partial charge in [-0.25, -0.2) is 4.79 Å². The maximum Gasteiger partial charge on any atom is 0.336 e. The number of hydrogen-bond donors (Lipinski definition) is 3. The zero-order valence-electron chi connectivity index (χ0n) is 8.85. The molecule has 0 unspecified atom stereocenters. The molecule has 1 saturated carbocycles. The number of rotatable bonds is 2. The van der Waals surface area contributed by atoms with Crippen LogP contribution in [0.1, 0.15) is 40.9 Å². The topological polar surface area (TPSA) is 83.5 Å². The van der Waals surface area contributed by atoms with Crippen molar-refractivity contribution in [2.24, 2.45) is 5.73 Å². The molecule has 1 aliphatic rings. The summed E-state index contributed by atoms with van der Waals surface area (Å²) in [6.45, 7) is 0. The number of aliphatic hydroxyl groups is 1. The molecule has 88 valence electrons. The first-order valence-electron chi connectivity index (χ1n) is 5.32. The average Bonchev–Trinajstić information content (AvgIpc) is 2.72. The third kappa shape index (κ3) is 1.98. The molecule has 0 bridgehead atoms. The number of nitrogens with two attached hydrogens (primary N) is 1. The molecule has 0 radical (unpaired) electrons. The van der Waals surface area contributed by atoms with E-state index in [0.29, 0.717) is 17.7 Å². The van der Waals surface area contributed by atoms with Crippen LogP contribution in [0.3, 0.4) is 0 Å². The summed E-state index contributed by atoms with van der Waals surface area (Å²) in [5.41, 5.74) is 5.02. The Morgan fingerprint density at radius 3 is 2.69 bits per heavy atom. The molecule has 0 spiro atoms. The zero-order chi connectivity index (χ0) is 11.8. The van der Waals surface area contributed by atoms with E-state index in [1.165, 1.54) is 11.3 Å². The highest BCUT2D eigenvalue weighted by Gasteiger charge is 2.37. The highest BCUT2D eigenvalue weighted by atomic mass is 32.1. The Kier molecular flexibility index (Phi) is 3.01. The molecule has 4 N–H and O–H groups in total. The van der Waals surface area contributed by atoms with Crippen molar-refractivity contribution in [3.63, 3.8) is 0 Å². The molecule has 4 nitrogen and oxygen atoms in total. The lowest BCUT2D eigenvalue weighted by atomic mass is 9.80. The lowest BCUT2D eigenvalue weighted by molar-refractivity contribution is -0.00276. The average molecular weight is 241 g/mol. The number of hydrogen-bond acceptors (Lipinski definition) is 4. The lowest BCUT2D eigenvalue weighted by Crippen LogP contribution is -2.37. The van der Waals surface area contributed by atoms with Gasteiger partial charge < -0.3 is 15.9 Å². The summed E-state index contributed by atoms with van der Waals surface area (Å²) in [5, 5.41) is 21.2. The number of aromatic carboxylic acids is 1. The Hall–Kier alpha value is -0.910. The highest BCUT2D eigenvalue weighted by Crippen LogP contribution is 2.40. The zero-order valence-corrected chi connectivity index (χ0v) is 9.67. The summed E-state index contributed by atoms with van der Waals surface area (Å²) in [6, 6.07) is 1.68. The Labute approximate surface area is 97.7 Å². The first kappa shape index (κ1) is 11.6. The van der Waals surface area contributed by atoms with E-state index < -0.39 is 11.6 Å².